The van der Waals surface area contributed by atoms with Gasteiger partial charge in [-0.15, -0.1) is 0 Å². The second-order valence-electron chi connectivity index (χ2n) is 6.39. The average Bonchev–Trinajstić information content (AvgIpc) is 3.26. The number of allylic oxidation sites excluding steroid dienone is 2. The van der Waals surface area contributed by atoms with Crippen LogP contribution >= 0.6 is 0 Å². The van der Waals surface area contributed by atoms with Crippen LogP contribution in [0.4, 0.5) is 0 Å². The molecule has 120 valence electrons. The van der Waals surface area contributed by atoms with E-state index in [-0.39, 0.29) is 0 Å². The molecule has 1 fully saturated rings. The summed E-state index contributed by atoms with van der Waals surface area (Å²) in [7, 11) is 0. The van der Waals surface area contributed by atoms with Crippen molar-refractivity contribution < 1.29 is 9.57 Å². The molecule has 0 spiro atoms. The normalized spacial score (nSPS) is 21.3. The molecule has 0 bridgehead atoms. The minimum absolute atomic E-state index is 0.381. The molecule has 1 saturated carbocycles. The van der Waals surface area contributed by atoms with E-state index in [2.05, 4.69) is 35.5 Å². The first-order valence-electron chi connectivity index (χ1n) is 8.57. The Labute approximate surface area is 136 Å². The van der Waals surface area contributed by atoms with Gasteiger partial charge in [-0.2, -0.15) is 0 Å². The van der Waals surface area contributed by atoms with E-state index in [9.17, 15) is 0 Å². The fraction of sp³-hybridized carbons (Fsp3) is 0.474. The van der Waals surface area contributed by atoms with E-state index in [0.29, 0.717) is 25.2 Å². The molecule has 1 aromatic rings. The van der Waals surface area contributed by atoms with E-state index in [4.69, 9.17) is 14.6 Å². The average molecular weight is 310 g/mol. The van der Waals surface area contributed by atoms with E-state index in [1.54, 1.807) is 0 Å². The summed E-state index contributed by atoms with van der Waals surface area (Å²) < 4.78 is 5.76. The number of hydrogen-bond donors (Lipinski definition) is 0. The highest BCUT2D eigenvalue weighted by atomic mass is 16.7. The molecule has 1 heterocycles. The minimum atomic E-state index is 0.381. The first-order valence-corrected chi connectivity index (χ1v) is 8.57. The van der Waals surface area contributed by atoms with Gasteiger partial charge in [0.15, 0.2) is 6.61 Å². The molecule has 4 rings (SSSR count). The Hall–Kier alpha value is -2.10. The monoisotopic (exact) mass is 310 g/mol. The molecular formula is C19H22N2O2. The molecule has 0 saturated heterocycles. The van der Waals surface area contributed by atoms with Crippen LogP contribution in [0.15, 0.2) is 46.1 Å². The molecule has 4 heteroatoms. The van der Waals surface area contributed by atoms with Crippen molar-refractivity contribution in [3.05, 3.63) is 47.0 Å². The second kappa shape index (κ2) is 6.57. The number of nitrogens with zero attached hydrogens (tertiary/aromatic N) is 2. The maximum Gasteiger partial charge on any atom is 0.276 e. The van der Waals surface area contributed by atoms with Crippen LogP contribution in [-0.2, 0) is 16.0 Å². The molecule has 1 aromatic carbocycles. The van der Waals surface area contributed by atoms with Crippen LogP contribution in [0, 0.1) is 0 Å². The summed E-state index contributed by atoms with van der Waals surface area (Å²) in [5, 5.41) is 4.13. The van der Waals surface area contributed by atoms with E-state index < -0.39 is 0 Å². The zero-order valence-corrected chi connectivity index (χ0v) is 13.3. The van der Waals surface area contributed by atoms with Gasteiger partial charge < -0.3 is 9.57 Å². The molecule has 4 nitrogen and oxygen atoms in total. The lowest BCUT2D eigenvalue weighted by atomic mass is 9.98. The highest BCUT2D eigenvalue weighted by Crippen LogP contribution is 2.27. The van der Waals surface area contributed by atoms with Gasteiger partial charge in [-0.3, -0.25) is 4.99 Å². The number of rotatable bonds is 5. The highest BCUT2D eigenvalue weighted by Gasteiger charge is 2.24. The summed E-state index contributed by atoms with van der Waals surface area (Å²) in [6.45, 7) is 1.05. The van der Waals surface area contributed by atoms with Gasteiger partial charge in [0.1, 0.15) is 12.3 Å². The fourth-order valence-corrected chi connectivity index (χ4v) is 3.24. The van der Waals surface area contributed by atoms with E-state index in [1.807, 2.05) is 0 Å². The van der Waals surface area contributed by atoms with Gasteiger partial charge in [-0.25, -0.2) is 0 Å². The van der Waals surface area contributed by atoms with Crippen LogP contribution in [0.3, 0.4) is 0 Å². The first kappa shape index (κ1) is 14.5. The summed E-state index contributed by atoms with van der Waals surface area (Å²) in [6.07, 6.45) is 9.26. The Morgan fingerprint density at radius 2 is 2.00 bits per heavy atom. The Morgan fingerprint density at radius 3 is 2.74 bits per heavy atom. The minimum Gasteiger partial charge on any atom is -0.470 e. The molecule has 23 heavy (non-hydrogen) atoms. The predicted molar refractivity (Wildman–Crippen MR) is 91.0 cm³/mol. The highest BCUT2D eigenvalue weighted by molar-refractivity contribution is 6.45. The molecular weight excluding hydrogens is 288 g/mol. The summed E-state index contributed by atoms with van der Waals surface area (Å²) in [5.41, 5.74) is 4.80. The zero-order valence-electron chi connectivity index (χ0n) is 13.3. The van der Waals surface area contributed by atoms with Gasteiger partial charge in [0.2, 0.25) is 0 Å². The van der Waals surface area contributed by atoms with Gasteiger partial charge in [0.05, 0.1) is 6.04 Å². The van der Waals surface area contributed by atoms with Crippen LogP contribution < -0.4 is 0 Å². The molecule has 2 aliphatic carbocycles. The summed E-state index contributed by atoms with van der Waals surface area (Å²) in [6, 6.07) is 8.85. The Balaban J connectivity index is 1.72. The Morgan fingerprint density at radius 1 is 1.17 bits per heavy atom. The zero-order chi connectivity index (χ0) is 15.5. The van der Waals surface area contributed by atoms with Gasteiger partial charge >= 0.3 is 0 Å². The van der Waals surface area contributed by atoms with Crippen LogP contribution in [0.5, 0.6) is 0 Å². The third-order valence-electron chi connectivity index (χ3n) is 4.58. The van der Waals surface area contributed by atoms with Crippen molar-refractivity contribution in [2.75, 3.05) is 13.2 Å². The third kappa shape index (κ3) is 3.46. The molecule has 0 aromatic heterocycles. The molecule has 1 aliphatic heterocycles. The number of hydrogen-bond acceptors (Lipinski definition) is 4. The van der Waals surface area contributed by atoms with Crippen LogP contribution in [0.2, 0.25) is 0 Å². The van der Waals surface area contributed by atoms with Crippen molar-refractivity contribution in [2.24, 2.45) is 10.1 Å². The number of ether oxygens (including phenoxy) is 1. The van der Waals surface area contributed by atoms with E-state index >= 15 is 0 Å². The van der Waals surface area contributed by atoms with Gasteiger partial charge in [0, 0.05) is 5.56 Å². The Kier molecular flexibility index (Phi) is 4.14. The predicted octanol–water partition coefficient (Wildman–Crippen LogP) is 3.65. The van der Waals surface area contributed by atoms with E-state index in [0.717, 1.165) is 37.0 Å². The Bertz CT molecular complexity index is 670. The molecule has 0 unspecified atom stereocenters. The largest absolute Gasteiger partial charge is 0.470 e. The third-order valence-corrected chi connectivity index (χ3v) is 4.58. The maximum atomic E-state index is 5.76. The van der Waals surface area contributed by atoms with Gasteiger partial charge in [-0.05, 0) is 36.4 Å². The van der Waals surface area contributed by atoms with Crippen molar-refractivity contribution >= 4 is 11.6 Å². The lowest BCUT2D eigenvalue weighted by Gasteiger charge is -2.18. The summed E-state index contributed by atoms with van der Waals surface area (Å²) in [5.74, 6) is 0.542. The van der Waals surface area contributed by atoms with Crippen molar-refractivity contribution in [2.45, 2.75) is 44.6 Å². The number of aliphatic imine (C=N–C) groups is 1. The van der Waals surface area contributed by atoms with Crippen molar-refractivity contribution in [1.82, 2.24) is 0 Å². The van der Waals surface area contributed by atoms with E-state index in [1.165, 1.54) is 24.0 Å². The molecule has 0 N–H and O–H groups in total. The fourth-order valence-electron chi connectivity index (χ4n) is 3.24. The summed E-state index contributed by atoms with van der Waals surface area (Å²) in [4.78, 5) is 10.3. The summed E-state index contributed by atoms with van der Waals surface area (Å²) >= 11 is 0. The number of benzene rings is 1. The topological polar surface area (TPSA) is 43.2 Å². The van der Waals surface area contributed by atoms with Crippen LogP contribution in [0.25, 0.3) is 0 Å². The second-order valence-corrected chi connectivity index (χ2v) is 6.39. The van der Waals surface area contributed by atoms with Crippen molar-refractivity contribution in [3.63, 3.8) is 0 Å². The molecule has 0 atom stereocenters. The SMILES string of the molecule is C1=C(Cc2ccccc2C(=NC2CCCC2)C2=NOCCO2)C1. The molecule has 0 radical (unpaired) electrons. The lowest BCUT2D eigenvalue weighted by molar-refractivity contribution is 0.0676. The quantitative estimate of drug-likeness (QED) is 0.615. The number of oxime groups is 1. The molecule has 0 amide bonds. The van der Waals surface area contributed by atoms with Crippen molar-refractivity contribution in [1.29, 1.82) is 0 Å². The van der Waals surface area contributed by atoms with Crippen LogP contribution in [0.1, 0.15) is 43.2 Å². The van der Waals surface area contributed by atoms with Gasteiger partial charge in [0.25, 0.3) is 5.90 Å². The van der Waals surface area contributed by atoms with Crippen molar-refractivity contribution in [3.8, 4) is 0 Å². The maximum absolute atomic E-state index is 5.76. The van der Waals surface area contributed by atoms with Crippen LogP contribution in [-0.4, -0.2) is 30.9 Å². The standard InChI is InChI=1S/C19H22N2O2/c1-4-8-17(15(5-1)13-14-9-10-14)18(19-21-23-12-11-22-19)20-16-6-2-3-7-16/h1,4-5,8-9,16H,2-3,6-7,10-13H2. The first-order chi connectivity index (χ1) is 11.4. The van der Waals surface area contributed by atoms with Gasteiger partial charge in [-0.1, -0.05) is 48.8 Å². The smallest absolute Gasteiger partial charge is 0.276 e. The molecule has 3 aliphatic rings. The lowest BCUT2D eigenvalue weighted by Crippen LogP contribution is -2.27.